The molecule has 0 radical (unpaired) electrons. The molecule has 0 fully saturated rings. The minimum Gasteiger partial charge on any atom is -0.348 e. The molecule has 4 heteroatoms. The fourth-order valence-corrected chi connectivity index (χ4v) is 0.764. The van der Waals surface area contributed by atoms with Crippen molar-refractivity contribution in [1.29, 1.82) is 0 Å². The fraction of sp³-hybridized carbons (Fsp3) is 0.250. The van der Waals surface area contributed by atoms with E-state index < -0.39 is 0 Å². The molecule has 0 saturated heterocycles. The summed E-state index contributed by atoms with van der Waals surface area (Å²) < 4.78 is 0.928. The first-order chi connectivity index (χ1) is 3.29. The minimum absolute atomic E-state index is 0. The molecule has 46 valence electrons. The number of carbonyl (C=O) groups is 1. The first-order valence-corrected chi connectivity index (χ1v) is 2.72. The van der Waals surface area contributed by atoms with Crippen LogP contribution in [0, 0.1) is 0 Å². The van der Waals surface area contributed by atoms with Crippen molar-refractivity contribution in [3.8, 4) is 0 Å². The molecule has 8 heavy (non-hydrogen) atoms. The second-order valence-electron chi connectivity index (χ2n) is 1.31. The second-order valence-corrected chi connectivity index (χ2v) is 2.33. The zero-order chi connectivity index (χ0) is 5.28. The Bertz CT molecular complexity index is 134. The van der Waals surface area contributed by atoms with E-state index >= 15 is 0 Å². The van der Waals surface area contributed by atoms with E-state index in [0.717, 1.165) is 4.48 Å². The van der Waals surface area contributed by atoms with Gasteiger partial charge in [-0.1, -0.05) is 15.9 Å². The van der Waals surface area contributed by atoms with Gasteiger partial charge in [0.15, 0.2) is 0 Å². The van der Waals surface area contributed by atoms with Gasteiger partial charge < -0.3 is 5.32 Å². The van der Waals surface area contributed by atoms with E-state index in [1.807, 2.05) is 0 Å². The van der Waals surface area contributed by atoms with Gasteiger partial charge in [-0.15, -0.1) is 12.4 Å². The summed E-state index contributed by atoms with van der Waals surface area (Å²) in [7, 11) is 0. The predicted molar refractivity (Wildman–Crippen MR) is 37.3 cm³/mol. The molecule has 0 saturated carbocycles. The van der Waals surface area contributed by atoms with Gasteiger partial charge in [-0.25, -0.2) is 0 Å². The highest BCUT2D eigenvalue weighted by molar-refractivity contribution is 9.11. The quantitative estimate of drug-likeness (QED) is 0.613. The first-order valence-electron chi connectivity index (χ1n) is 1.93. The van der Waals surface area contributed by atoms with Crippen LogP contribution in [0.3, 0.4) is 0 Å². The molecule has 0 bridgehead atoms. The van der Waals surface area contributed by atoms with Gasteiger partial charge in [-0.05, 0) is 0 Å². The van der Waals surface area contributed by atoms with Gasteiger partial charge in [-0.2, -0.15) is 0 Å². The maximum Gasteiger partial charge on any atom is 0.245 e. The third-order valence-electron chi connectivity index (χ3n) is 0.719. The molecule has 0 aromatic rings. The minimum atomic E-state index is -0.00752. The molecule has 0 unspecified atom stereocenters. The topological polar surface area (TPSA) is 29.1 Å². The Morgan fingerprint density at radius 2 is 2.38 bits per heavy atom. The summed E-state index contributed by atoms with van der Waals surface area (Å²) in [4.78, 5) is 10.2. The SMILES string of the molecule is Cl.O=C1C=C(Br)CN1. The zero-order valence-electron chi connectivity index (χ0n) is 3.98. The molecule has 0 aliphatic carbocycles. The third-order valence-corrected chi connectivity index (χ3v) is 1.23. The second kappa shape index (κ2) is 3.10. The van der Waals surface area contributed by atoms with E-state index in [4.69, 9.17) is 0 Å². The number of carbonyl (C=O) groups excluding carboxylic acids is 1. The molecule has 1 rings (SSSR count). The lowest BCUT2D eigenvalue weighted by Crippen LogP contribution is -2.14. The maximum absolute atomic E-state index is 10.2. The van der Waals surface area contributed by atoms with E-state index in [9.17, 15) is 4.79 Å². The number of amides is 1. The zero-order valence-corrected chi connectivity index (χ0v) is 6.38. The average Bonchev–Trinajstić information content (AvgIpc) is 1.87. The Kier molecular flexibility index (Phi) is 3.09. The molecule has 0 aromatic carbocycles. The standard InChI is InChI=1S/C4H4BrNO.ClH/c5-3-1-4(7)6-2-3;/h1H,2H2,(H,6,7);1H. The monoisotopic (exact) mass is 197 g/mol. The van der Waals surface area contributed by atoms with Crippen LogP contribution < -0.4 is 5.32 Å². The summed E-state index contributed by atoms with van der Waals surface area (Å²) in [5.74, 6) is -0.00752. The van der Waals surface area contributed by atoms with Crippen LogP contribution in [0.5, 0.6) is 0 Å². The van der Waals surface area contributed by atoms with Crippen molar-refractivity contribution in [3.05, 3.63) is 10.6 Å². The maximum atomic E-state index is 10.2. The molecule has 0 spiro atoms. The van der Waals surface area contributed by atoms with Crippen LogP contribution in [-0.4, -0.2) is 12.5 Å². The van der Waals surface area contributed by atoms with E-state index in [1.165, 1.54) is 6.08 Å². The van der Waals surface area contributed by atoms with Crippen molar-refractivity contribution >= 4 is 34.2 Å². The van der Waals surface area contributed by atoms with Crippen molar-refractivity contribution in [2.24, 2.45) is 0 Å². The van der Waals surface area contributed by atoms with Gasteiger partial charge in [0.2, 0.25) is 5.91 Å². The first kappa shape index (κ1) is 7.98. The van der Waals surface area contributed by atoms with Gasteiger partial charge in [0.1, 0.15) is 0 Å². The number of nitrogens with one attached hydrogen (secondary N) is 1. The van der Waals surface area contributed by atoms with Crippen molar-refractivity contribution in [2.75, 3.05) is 6.54 Å². The smallest absolute Gasteiger partial charge is 0.245 e. The van der Waals surface area contributed by atoms with E-state index in [1.54, 1.807) is 0 Å². The molecule has 0 aromatic heterocycles. The lowest BCUT2D eigenvalue weighted by molar-refractivity contribution is -0.115. The van der Waals surface area contributed by atoms with Gasteiger partial charge >= 0.3 is 0 Å². The van der Waals surface area contributed by atoms with Gasteiger partial charge in [0.05, 0.1) is 0 Å². The molecule has 1 amide bonds. The van der Waals surface area contributed by atoms with E-state index in [2.05, 4.69) is 21.2 Å². The average molecular weight is 198 g/mol. The molecule has 1 heterocycles. The van der Waals surface area contributed by atoms with E-state index in [0.29, 0.717) is 6.54 Å². The van der Waals surface area contributed by atoms with Crippen molar-refractivity contribution < 1.29 is 4.79 Å². The number of rotatable bonds is 0. The van der Waals surface area contributed by atoms with E-state index in [-0.39, 0.29) is 18.3 Å². The lowest BCUT2D eigenvalue weighted by atomic mass is 10.6. The van der Waals surface area contributed by atoms with Crippen LogP contribution in [0.1, 0.15) is 0 Å². The van der Waals surface area contributed by atoms with Crippen LogP contribution in [-0.2, 0) is 4.79 Å². The molecule has 1 aliphatic rings. The Labute approximate surface area is 61.9 Å². The third kappa shape index (κ3) is 1.84. The van der Waals surface area contributed by atoms with Crippen LogP contribution in [0.4, 0.5) is 0 Å². The molecule has 1 N–H and O–H groups in total. The van der Waals surface area contributed by atoms with Gasteiger partial charge in [0, 0.05) is 17.1 Å². The van der Waals surface area contributed by atoms with Crippen molar-refractivity contribution in [3.63, 3.8) is 0 Å². The highest BCUT2D eigenvalue weighted by Crippen LogP contribution is 2.06. The Hall–Kier alpha value is -0.0200. The largest absolute Gasteiger partial charge is 0.348 e. The Morgan fingerprint density at radius 3 is 2.50 bits per heavy atom. The van der Waals surface area contributed by atoms with Crippen LogP contribution in [0.15, 0.2) is 10.6 Å². The summed E-state index contributed by atoms with van der Waals surface area (Å²) >= 11 is 3.16. The van der Waals surface area contributed by atoms with Crippen LogP contribution >= 0.6 is 28.3 Å². The lowest BCUT2D eigenvalue weighted by Gasteiger charge is -1.83. The number of hydrogen-bond donors (Lipinski definition) is 1. The Morgan fingerprint density at radius 1 is 1.75 bits per heavy atom. The summed E-state index contributed by atoms with van der Waals surface area (Å²) in [6.07, 6.45) is 1.53. The van der Waals surface area contributed by atoms with Gasteiger partial charge in [-0.3, -0.25) is 4.79 Å². The molecular formula is C4H5BrClNO. The highest BCUT2D eigenvalue weighted by Gasteiger charge is 2.05. The van der Waals surface area contributed by atoms with Crippen LogP contribution in [0.2, 0.25) is 0 Å². The normalized spacial score (nSPS) is 16.6. The summed E-state index contributed by atoms with van der Waals surface area (Å²) in [6.45, 7) is 0.652. The molecule has 1 aliphatic heterocycles. The number of halogens is 2. The van der Waals surface area contributed by atoms with Crippen molar-refractivity contribution in [1.82, 2.24) is 5.32 Å². The Balaban J connectivity index is 0.000000490. The predicted octanol–water partition coefficient (Wildman–Crippen LogP) is 0.817. The van der Waals surface area contributed by atoms with Crippen molar-refractivity contribution in [2.45, 2.75) is 0 Å². The van der Waals surface area contributed by atoms with Crippen LogP contribution in [0.25, 0.3) is 0 Å². The number of hydrogen-bond acceptors (Lipinski definition) is 1. The molecule has 0 atom stereocenters. The molecule has 2 nitrogen and oxygen atoms in total. The summed E-state index contributed by atoms with van der Waals surface area (Å²) in [6, 6.07) is 0. The molecular weight excluding hydrogens is 193 g/mol. The summed E-state index contributed by atoms with van der Waals surface area (Å²) in [5, 5.41) is 2.59. The summed E-state index contributed by atoms with van der Waals surface area (Å²) in [5.41, 5.74) is 0. The highest BCUT2D eigenvalue weighted by atomic mass is 79.9. The van der Waals surface area contributed by atoms with Gasteiger partial charge in [0.25, 0.3) is 0 Å². The fourth-order valence-electron chi connectivity index (χ4n) is 0.416.